The van der Waals surface area contributed by atoms with Crippen molar-refractivity contribution >= 4 is 15.8 Å². The highest BCUT2D eigenvalue weighted by molar-refractivity contribution is 7.90. The molecule has 0 aliphatic heterocycles. The average Bonchev–Trinajstić information content (AvgIpc) is 2.46. The van der Waals surface area contributed by atoms with E-state index < -0.39 is 15.8 Å². The number of sulfone groups is 1. The molecule has 0 atom stereocenters. The third-order valence-electron chi connectivity index (χ3n) is 2.63. The van der Waals surface area contributed by atoms with Gasteiger partial charge in [-0.25, -0.2) is 18.2 Å². The van der Waals surface area contributed by atoms with E-state index in [-0.39, 0.29) is 10.6 Å². The molecule has 0 aliphatic rings. The average molecular weight is 292 g/mol. The first-order valence-electron chi connectivity index (χ1n) is 5.61. The van der Waals surface area contributed by atoms with Gasteiger partial charge in [-0.3, -0.25) is 4.98 Å². The summed E-state index contributed by atoms with van der Waals surface area (Å²) in [6.07, 6.45) is 5.36. The molecule has 0 fully saturated rings. The Morgan fingerprint density at radius 1 is 1.20 bits per heavy atom. The van der Waals surface area contributed by atoms with E-state index in [9.17, 15) is 13.2 Å². The lowest BCUT2D eigenvalue weighted by atomic mass is 10.1. The van der Waals surface area contributed by atoms with E-state index in [2.05, 4.69) is 14.7 Å². The molecule has 6 nitrogen and oxygen atoms in total. The first-order chi connectivity index (χ1) is 9.41. The topological polar surface area (TPSA) is 86.2 Å². The molecule has 0 saturated carbocycles. The number of esters is 1. The minimum atomic E-state index is -3.33. The molecule has 0 spiro atoms. The Morgan fingerprint density at radius 3 is 2.60 bits per heavy atom. The molecule has 7 heteroatoms. The molecule has 0 amide bonds. The number of ether oxygens (including phenoxy) is 1. The molecule has 0 N–H and O–H groups in total. The minimum Gasteiger partial charge on any atom is -0.464 e. The molecule has 2 heterocycles. The van der Waals surface area contributed by atoms with E-state index >= 15 is 0 Å². The minimum absolute atomic E-state index is 0.117. The monoisotopic (exact) mass is 292 g/mol. The molecule has 2 aromatic heterocycles. The van der Waals surface area contributed by atoms with Crippen LogP contribution < -0.4 is 0 Å². The van der Waals surface area contributed by atoms with Crippen LogP contribution in [0.25, 0.3) is 11.1 Å². The zero-order valence-electron chi connectivity index (χ0n) is 10.9. The quantitative estimate of drug-likeness (QED) is 0.793. The van der Waals surface area contributed by atoms with Crippen LogP contribution >= 0.6 is 0 Å². The van der Waals surface area contributed by atoms with Crippen LogP contribution in [0.3, 0.4) is 0 Å². The van der Waals surface area contributed by atoms with Gasteiger partial charge in [-0.2, -0.15) is 0 Å². The Morgan fingerprint density at radius 2 is 1.95 bits per heavy atom. The third-order valence-corrected chi connectivity index (χ3v) is 3.71. The molecular weight excluding hydrogens is 280 g/mol. The number of carbonyl (C=O) groups excluding carboxylic acids is 1. The molecule has 0 aromatic carbocycles. The van der Waals surface area contributed by atoms with E-state index in [4.69, 9.17) is 0 Å². The zero-order valence-corrected chi connectivity index (χ0v) is 11.7. The lowest BCUT2D eigenvalue weighted by Crippen LogP contribution is -2.04. The maximum absolute atomic E-state index is 11.5. The summed E-state index contributed by atoms with van der Waals surface area (Å²) < 4.78 is 27.6. The maximum Gasteiger partial charge on any atom is 0.356 e. The molecule has 0 unspecified atom stereocenters. The summed E-state index contributed by atoms with van der Waals surface area (Å²) in [5.41, 5.74) is 1.37. The van der Waals surface area contributed by atoms with Gasteiger partial charge in [0, 0.05) is 30.4 Å². The van der Waals surface area contributed by atoms with Gasteiger partial charge in [0.2, 0.25) is 0 Å². The first kappa shape index (κ1) is 14.1. The Balaban J connectivity index is 2.50. The van der Waals surface area contributed by atoms with Crippen LogP contribution in [0.5, 0.6) is 0 Å². The van der Waals surface area contributed by atoms with Crippen molar-refractivity contribution in [1.29, 1.82) is 0 Å². The number of methoxy groups -OCH3 is 1. The standard InChI is InChI=1S/C13H12N2O4S/c1-19-13(16)12-6-9(3-4-15-12)10-5-11(8-14-7-10)20(2,17)18/h3-8H,1-2H3. The fourth-order valence-electron chi connectivity index (χ4n) is 1.61. The fourth-order valence-corrected chi connectivity index (χ4v) is 2.20. The van der Waals surface area contributed by atoms with Crippen LogP contribution in [-0.2, 0) is 14.6 Å². The highest BCUT2D eigenvalue weighted by Gasteiger charge is 2.12. The van der Waals surface area contributed by atoms with Gasteiger partial charge in [-0.1, -0.05) is 0 Å². The summed E-state index contributed by atoms with van der Waals surface area (Å²) >= 11 is 0. The third kappa shape index (κ3) is 3.00. The molecule has 0 radical (unpaired) electrons. The SMILES string of the molecule is COC(=O)c1cc(-c2cncc(S(C)(=O)=O)c2)ccn1. The van der Waals surface area contributed by atoms with E-state index in [0.29, 0.717) is 11.1 Å². The largest absolute Gasteiger partial charge is 0.464 e. The summed E-state index contributed by atoms with van der Waals surface area (Å²) in [5.74, 6) is -0.556. The molecule has 0 saturated heterocycles. The normalized spacial score (nSPS) is 11.1. The van der Waals surface area contributed by atoms with Crippen molar-refractivity contribution in [2.24, 2.45) is 0 Å². The molecule has 104 valence electrons. The molecular formula is C13H12N2O4S. The Bertz CT molecular complexity index is 756. The van der Waals surface area contributed by atoms with Crippen LogP contribution in [0.2, 0.25) is 0 Å². The second-order valence-electron chi connectivity index (χ2n) is 4.10. The number of pyridine rings is 2. The van der Waals surface area contributed by atoms with Crippen molar-refractivity contribution in [3.05, 3.63) is 42.5 Å². The van der Waals surface area contributed by atoms with E-state index in [0.717, 1.165) is 6.26 Å². The van der Waals surface area contributed by atoms with Crippen LogP contribution in [-0.4, -0.2) is 37.7 Å². The Hall–Kier alpha value is -2.28. The maximum atomic E-state index is 11.5. The predicted octanol–water partition coefficient (Wildman–Crippen LogP) is 1.33. The number of carbonyl (C=O) groups is 1. The lowest BCUT2D eigenvalue weighted by molar-refractivity contribution is 0.0594. The van der Waals surface area contributed by atoms with Gasteiger partial charge in [0.15, 0.2) is 9.84 Å². The Kier molecular flexibility index (Phi) is 3.80. The molecule has 0 bridgehead atoms. The second kappa shape index (κ2) is 5.38. The van der Waals surface area contributed by atoms with Gasteiger partial charge in [0.25, 0.3) is 0 Å². The number of hydrogen-bond donors (Lipinski definition) is 0. The zero-order chi connectivity index (χ0) is 14.8. The van der Waals surface area contributed by atoms with Crippen molar-refractivity contribution in [1.82, 2.24) is 9.97 Å². The highest BCUT2D eigenvalue weighted by atomic mass is 32.2. The summed E-state index contributed by atoms with van der Waals surface area (Å²) in [6, 6.07) is 4.68. The van der Waals surface area contributed by atoms with Crippen molar-refractivity contribution in [3.8, 4) is 11.1 Å². The van der Waals surface area contributed by atoms with E-state index in [1.54, 1.807) is 6.07 Å². The number of hydrogen-bond acceptors (Lipinski definition) is 6. The van der Waals surface area contributed by atoms with Gasteiger partial charge < -0.3 is 4.74 Å². The molecule has 20 heavy (non-hydrogen) atoms. The first-order valence-corrected chi connectivity index (χ1v) is 7.51. The van der Waals surface area contributed by atoms with E-state index in [1.165, 1.54) is 37.8 Å². The summed E-state index contributed by atoms with van der Waals surface area (Å²) in [6.45, 7) is 0. The van der Waals surface area contributed by atoms with Gasteiger partial charge in [0.1, 0.15) is 5.69 Å². The molecule has 0 aliphatic carbocycles. The fraction of sp³-hybridized carbons (Fsp3) is 0.154. The van der Waals surface area contributed by atoms with Crippen LogP contribution in [0.15, 0.2) is 41.7 Å². The van der Waals surface area contributed by atoms with Gasteiger partial charge in [-0.05, 0) is 23.8 Å². The highest BCUT2D eigenvalue weighted by Crippen LogP contribution is 2.21. The van der Waals surface area contributed by atoms with Crippen molar-refractivity contribution in [2.45, 2.75) is 4.90 Å². The predicted molar refractivity (Wildman–Crippen MR) is 71.9 cm³/mol. The van der Waals surface area contributed by atoms with Crippen molar-refractivity contribution < 1.29 is 17.9 Å². The van der Waals surface area contributed by atoms with Gasteiger partial charge in [-0.15, -0.1) is 0 Å². The van der Waals surface area contributed by atoms with Crippen LogP contribution in [0.4, 0.5) is 0 Å². The van der Waals surface area contributed by atoms with Crippen molar-refractivity contribution in [3.63, 3.8) is 0 Å². The number of rotatable bonds is 3. The molecule has 2 rings (SSSR count). The lowest BCUT2D eigenvalue weighted by Gasteiger charge is -2.05. The summed E-state index contributed by atoms with van der Waals surface area (Å²) in [5, 5.41) is 0. The number of nitrogens with zero attached hydrogens (tertiary/aromatic N) is 2. The second-order valence-corrected chi connectivity index (χ2v) is 6.12. The Labute approximate surface area is 116 Å². The smallest absolute Gasteiger partial charge is 0.356 e. The van der Waals surface area contributed by atoms with Gasteiger partial charge >= 0.3 is 5.97 Å². The summed E-state index contributed by atoms with van der Waals surface area (Å²) in [7, 11) is -2.07. The van der Waals surface area contributed by atoms with Crippen molar-refractivity contribution in [2.75, 3.05) is 13.4 Å². The van der Waals surface area contributed by atoms with Gasteiger partial charge in [0.05, 0.1) is 12.0 Å². The van der Waals surface area contributed by atoms with E-state index in [1.807, 2.05) is 0 Å². The van der Waals surface area contributed by atoms with Crippen LogP contribution in [0.1, 0.15) is 10.5 Å². The van der Waals surface area contributed by atoms with Crippen LogP contribution in [0, 0.1) is 0 Å². The molecule has 2 aromatic rings. The summed E-state index contributed by atoms with van der Waals surface area (Å²) in [4.78, 5) is 19.3. The number of aromatic nitrogens is 2.